The van der Waals surface area contributed by atoms with Crippen LogP contribution >= 0.6 is 0 Å². The monoisotopic (exact) mass is 372 g/mol. The summed E-state index contributed by atoms with van der Waals surface area (Å²) in [6.07, 6.45) is 0.853. The van der Waals surface area contributed by atoms with Crippen molar-refractivity contribution in [3.63, 3.8) is 0 Å². The second-order valence-electron chi connectivity index (χ2n) is 12.0. The summed E-state index contributed by atoms with van der Waals surface area (Å²) < 4.78 is 0. The van der Waals surface area contributed by atoms with Gasteiger partial charge in [0.1, 0.15) is 0 Å². The van der Waals surface area contributed by atoms with E-state index in [1.807, 2.05) is 0 Å². The van der Waals surface area contributed by atoms with E-state index in [2.05, 4.69) is 93.3 Å². The van der Waals surface area contributed by atoms with E-state index >= 15 is 0 Å². The Bertz CT molecular complexity index is 662. The minimum atomic E-state index is -0.0111. The molecular weight excluding hydrogens is 332 g/mol. The number of nitrogens with zero attached hydrogens (tertiary/aromatic N) is 2. The number of aromatic amines is 2. The molecule has 27 heavy (non-hydrogen) atoms. The van der Waals surface area contributed by atoms with Crippen LogP contribution in [-0.4, -0.2) is 20.4 Å². The number of H-pyrrole nitrogens is 2. The number of nitrogens with one attached hydrogen (secondary N) is 2. The van der Waals surface area contributed by atoms with Gasteiger partial charge in [0.25, 0.3) is 0 Å². The van der Waals surface area contributed by atoms with Crippen molar-refractivity contribution in [1.82, 2.24) is 20.4 Å². The van der Waals surface area contributed by atoms with Crippen molar-refractivity contribution in [2.45, 2.75) is 111 Å². The second kappa shape index (κ2) is 6.49. The zero-order valence-corrected chi connectivity index (χ0v) is 19.6. The fourth-order valence-electron chi connectivity index (χ4n) is 3.73. The maximum atomic E-state index is 4.76. The van der Waals surface area contributed by atoms with Gasteiger partial charge in [-0.1, -0.05) is 83.1 Å². The first-order valence-corrected chi connectivity index (χ1v) is 10.1. The van der Waals surface area contributed by atoms with Gasteiger partial charge < -0.3 is 0 Å². The van der Waals surface area contributed by atoms with Gasteiger partial charge in [0.15, 0.2) is 0 Å². The highest BCUT2D eigenvalue weighted by Gasteiger charge is 2.34. The Kier molecular flexibility index (Phi) is 5.22. The van der Waals surface area contributed by atoms with E-state index in [0.29, 0.717) is 0 Å². The molecule has 2 N–H and O–H groups in total. The molecule has 0 atom stereocenters. The highest BCUT2D eigenvalue weighted by atomic mass is 15.1. The van der Waals surface area contributed by atoms with E-state index in [4.69, 9.17) is 10.2 Å². The van der Waals surface area contributed by atoms with Crippen LogP contribution in [0.4, 0.5) is 0 Å². The lowest BCUT2D eigenvalue weighted by atomic mass is 9.78. The quantitative estimate of drug-likeness (QED) is 0.688. The van der Waals surface area contributed by atoms with E-state index in [1.165, 1.54) is 22.5 Å². The first-order valence-electron chi connectivity index (χ1n) is 10.1. The second-order valence-corrected chi connectivity index (χ2v) is 12.0. The van der Waals surface area contributed by atoms with Crippen molar-refractivity contribution in [1.29, 1.82) is 0 Å². The predicted octanol–water partition coefficient (Wildman–Crippen LogP) is 5.91. The van der Waals surface area contributed by atoms with Gasteiger partial charge in [0.2, 0.25) is 0 Å². The van der Waals surface area contributed by atoms with Crippen LogP contribution in [0.25, 0.3) is 0 Å². The lowest BCUT2D eigenvalue weighted by molar-refractivity contribution is 0.547. The molecule has 0 unspecified atom stereocenters. The molecule has 0 saturated heterocycles. The van der Waals surface area contributed by atoms with Crippen molar-refractivity contribution in [3.8, 4) is 0 Å². The summed E-state index contributed by atoms with van der Waals surface area (Å²) in [6.45, 7) is 26.9. The summed E-state index contributed by atoms with van der Waals surface area (Å²) >= 11 is 0. The zero-order valence-electron chi connectivity index (χ0n) is 19.6. The zero-order chi connectivity index (χ0) is 21.0. The highest BCUT2D eigenvalue weighted by molar-refractivity contribution is 5.43. The largest absolute Gasteiger partial charge is 0.281 e. The summed E-state index contributed by atoms with van der Waals surface area (Å²) in [6, 6.07) is 0. The average molecular weight is 373 g/mol. The summed E-state index contributed by atoms with van der Waals surface area (Å²) in [5.74, 6) is 0. The van der Waals surface area contributed by atoms with Gasteiger partial charge in [-0.2, -0.15) is 10.2 Å². The number of aromatic nitrogens is 4. The maximum Gasteiger partial charge on any atom is 0.0713 e. The van der Waals surface area contributed by atoms with Crippen molar-refractivity contribution >= 4 is 0 Å². The van der Waals surface area contributed by atoms with Crippen LogP contribution in [-0.2, 0) is 28.1 Å². The van der Waals surface area contributed by atoms with Crippen LogP contribution in [0, 0.1) is 0 Å². The topological polar surface area (TPSA) is 57.4 Å². The SMILES string of the molecule is CC(C)(C)c1n[nH]c(C(C)(C)C)c1Cc1c(C(C)(C)C)n[nH]c1C(C)(C)C. The molecule has 0 amide bonds. The minimum absolute atomic E-state index is 0.0111. The summed E-state index contributed by atoms with van der Waals surface area (Å²) in [7, 11) is 0. The molecule has 0 saturated carbocycles. The lowest BCUT2D eigenvalue weighted by Gasteiger charge is -2.26. The van der Waals surface area contributed by atoms with Gasteiger partial charge in [-0.15, -0.1) is 0 Å². The lowest BCUT2D eigenvalue weighted by Crippen LogP contribution is -2.22. The smallest absolute Gasteiger partial charge is 0.0713 e. The predicted molar refractivity (Wildman–Crippen MR) is 115 cm³/mol. The van der Waals surface area contributed by atoms with Crippen LogP contribution in [0.15, 0.2) is 0 Å². The van der Waals surface area contributed by atoms with Gasteiger partial charge in [-0.05, 0) is 0 Å². The number of hydrogen-bond donors (Lipinski definition) is 2. The van der Waals surface area contributed by atoms with Crippen LogP contribution in [0.2, 0.25) is 0 Å². The van der Waals surface area contributed by atoms with Crippen molar-refractivity contribution in [2.75, 3.05) is 0 Å². The Morgan fingerprint density at radius 2 is 0.815 bits per heavy atom. The van der Waals surface area contributed by atoms with E-state index in [9.17, 15) is 0 Å². The molecule has 2 heterocycles. The van der Waals surface area contributed by atoms with Crippen LogP contribution in [0.1, 0.15) is 117 Å². The molecular formula is C23H40N4. The standard InChI is InChI=1S/C23H40N4/c1-20(2,3)16-14(17(25-24-16)21(4,5)6)13-15-18(22(7,8)9)26-27-19(15)23(10,11)12/h13H2,1-12H3,(H,24,25)(H,26,27). The molecule has 4 heteroatoms. The average Bonchev–Trinajstić information content (AvgIpc) is 2.99. The van der Waals surface area contributed by atoms with Gasteiger partial charge in [-0.3, -0.25) is 10.2 Å². The van der Waals surface area contributed by atoms with Crippen LogP contribution in [0.5, 0.6) is 0 Å². The first-order chi connectivity index (χ1) is 11.9. The Labute approximate surface area is 165 Å². The molecule has 4 nitrogen and oxygen atoms in total. The van der Waals surface area contributed by atoms with E-state index in [0.717, 1.165) is 17.8 Å². The molecule has 0 fully saturated rings. The summed E-state index contributed by atoms with van der Waals surface area (Å²) in [5.41, 5.74) is 7.44. The van der Waals surface area contributed by atoms with E-state index < -0.39 is 0 Å². The Hall–Kier alpha value is -1.58. The molecule has 0 aromatic carbocycles. The molecule has 0 radical (unpaired) electrons. The van der Waals surface area contributed by atoms with Crippen molar-refractivity contribution in [3.05, 3.63) is 33.9 Å². The fraction of sp³-hybridized carbons (Fsp3) is 0.739. The Morgan fingerprint density at radius 1 is 0.519 bits per heavy atom. The molecule has 2 aromatic heterocycles. The molecule has 0 spiro atoms. The van der Waals surface area contributed by atoms with E-state index in [1.54, 1.807) is 0 Å². The van der Waals surface area contributed by atoms with Gasteiger partial charge in [-0.25, -0.2) is 0 Å². The Morgan fingerprint density at radius 3 is 1.04 bits per heavy atom. The molecule has 0 bridgehead atoms. The molecule has 152 valence electrons. The molecule has 0 aliphatic heterocycles. The van der Waals surface area contributed by atoms with Gasteiger partial charge in [0, 0.05) is 50.6 Å². The third-order valence-electron chi connectivity index (χ3n) is 5.01. The highest BCUT2D eigenvalue weighted by Crippen LogP contribution is 2.38. The summed E-state index contributed by atoms with van der Waals surface area (Å²) in [4.78, 5) is 0. The Balaban J connectivity index is 2.74. The number of rotatable bonds is 2. The molecule has 0 aliphatic rings. The van der Waals surface area contributed by atoms with Gasteiger partial charge in [0.05, 0.1) is 11.4 Å². The number of hydrogen-bond acceptors (Lipinski definition) is 2. The third-order valence-corrected chi connectivity index (χ3v) is 5.01. The van der Waals surface area contributed by atoms with Crippen LogP contribution < -0.4 is 0 Å². The molecule has 2 aromatic rings. The van der Waals surface area contributed by atoms with Crippen molar-refractivity contribution in [2.24, 2.45) is 0 Å². The fourth-order valence-corrected chi connectivity index (χ4v) is 3.73. The van der Waals surface area contributed by atoms with Gasteiger partial charge >= 0.3 is 0 Å². The first kappa shape index (κ1) is 21.7. The molecule has 2 rings (SSSR count). The van der Waals surface area contributed by atoms with Crippen molar-refractivity contribution < 1.29 is 0 Å². The van der Waals surface area contributed by atoms with E-state index in [-0.39, 0.29) is 21.7 Å². The third kappa shape index (κ3) is 4.47. The van der Waals surface area contributed by atoms with Crippen LogP contribution in [0.3, 0.4) is 0 Å². The maximum absolute atomic E-state index is 4.76. The summed E-state index contributed by atoms with van der Waals surface area (Å²) in [5, 5.41) is 16.3. The minimum Gasteiger partial charge on any atom is -0.281 e. The molecule has 0 aliphatic carbocycles. The normalized spacial score (nSPS) is 14.1.